The summed E-state index contributed by atoms with van der Waals surface area (Å²) in [4.78, 5) is 4.29. The van der Waals surface area contributed by atoms with E-state index in [1.165, 1.54) is 5.69 Å². The molecule has 3 nitrogen and oxygen atoms in total. The number of alkyl halides is 1. The minimum Gasteiger partial charge on any atom is -0.334 e. The highest BCUT2D eigenvalue weighted by Gasteiger charge is 2.13. The van der Waals surface area contributed by atoms with Crippen LogP contribution in [-0.2, 0) is 19.5 Å². The molecule has 1 aromatic heterocycles. The maximum Gasteiger partial charge on any atom is 0.0952 e. The van der Waals surface area contributed by atoms with Gasteiger partial charge in [0.25, 0.3) is 0 Å². The van der Waals surface area contributed by atoms with E-state index in [0.717, 1.165) is 31.7 Å². The average molecular weight is 183 g/mol. The van der Waals surface area contributed by atoms with Gasteiger partial charge in [0.2, 0.25) is 0 Å². The van der Waals surface area contributed by atoms with Gasteiger partial charge < -0.3 is 9.88 Å². The van der Waals surface area contributed by atoms with Crippen LogP contribution >= 0.6 is 0 Å². The van der Waals surface area contributed by atoms with E-state index in [1.54, 1.807) is 0 Å². The fourth-order valence-corrected chi connectivity index (χ4v) is 1.72. The zero-order valence-corrected chi connectivity index (χ0v) is 7.59. The van der Waals surface area contributed by atoms with Crippen molar-refractivity contribution in [3.05, 3.63) is 17.7 Å². The van der Waals surface area contributed by atoms with Gasteiger partial charge in [0.05, 0.1) is 18.7 Å². The molecular weight excluding hydrogens is 169 g/mol. The molecule has 0 unspecified atom stereocenters. The molecule has 0 spiro atoms. The van der Waals surface area contributed by atoms with Crippen LogP contribution in [0.1, 0.15) is 17.8 Å². The lowest BCUT2D eigenvalue weighted by atomic mass is 10.2. The van der Waals surface area contributed by atoms with Crippen LogP contribution in [0.2, 0.25) is 0 Å². The minimum atomic E-state index is -0.245. The molecule has 0 bridgehead atoms. The third-order valence-electron chi connectivity index (χ3n) is 2.40. The molecule has 4 heteroatoms. The van der Waals surface area contributed by atoms with Crippen molar-refractivity contribution in [3.8, 4) is 0 Å². The molecule has 2 heterocycles. The van der Waals surface area contributed by atoms with Crippen LogP contribution in [-0.4, -0.2) is 22.8 Å². The highest BCUT2D eigenvalue weighted by molar-refractivity contribution is 5.16. The highest BCUT2D eigenvalue weighted by atomic mass is 19.1. The van der Waals surface area contributed by atoms with Crippen molar-refractivity contribution in [2.24, 2.45) is 0 Å². The quantitative estimate of drug-likeness (QED) is 0.754. The molecule has 0 saturated heterocycles. The molecule has 1 aliphatic heterocycles. The topological polar surface area (TPSA) is 29.9 Å². The van der Waals surface area contributed by atoms with Gasteiger partial charge in [-0.3, -0.25) is 4.39 Å². The Morgan fingerprint density at radius 2 is 2.54 bits per heavy atom. The lowest BCUT2D eigenvalue weighted by molar-refractivity contribution is 0.441. The van der Waals surface area contributed by atoms with Crippen LogP contribution in [0.5, 0.6) is 0 Å². The average Bonchev–Trinajstić information content (AvgIpc) is 2.58. The summed E-state index contributed by atoms with van der Waals surface area (Å²) in [5.41, 5.74) is 2.41. The number of nitrogens with zero attached hydrogens (tertiary/aromatic N) is 2. The van der Waals surface area contributed by atoms with Crippen molar-refractivity contribution in [2.45, 2.75) is 25.9 Å². The molecular formula is C9H14FN3. The second-order valence-corrected chi connectivity index (χ2v) is 3.30. The standard InChI is InChI=1S/C9H14FN3/c10-3-1-5-13-7-12-8-6-11-4-2-9(8)13/h7,11H,1-6H2. The second-order valence-electron chi connectivity index (χ2n) is 3.30. The Morgan fingerprint density at radius 3 is 3.38 bits per heavy atom. The van der Waals surface area contributed by atoms with E-state index in [1.807, 2.05) is 6.33 Å². The fraction of sp³-hybridized carbons (Fsp3) is 0.667. The van der Waals surface area contributed by atoms with Crippen LogP contribution in [0.3, 0.4) is 0 Å². The summed E-state index contributed by atoms with van der Waals surface area (Å²) in [5, 5.41) is 3.26. The zero-order valence-electron chi connectivity index (χ0n) is 7.59. The smallest absolute Gasteiger partial charge is 0.0952 e. The molecule has 13 heavy (non-hydrogen) atoms. The number of rotatable bonds is 3. The van der Waals surface area contributed by atoms with Gasteiger partial charge in [-0.1, -0.05) is 0 Å². The van der Waals surface area contributed by atoms with E-state index < -0.39 is 0 Å². The third kappa shape index (κ3) is 1.72. The molecule has 0 saturated carbocycles. The second kappa shape index (κ2) is 3.87. The predicted molar refractivity (Wildman–Crippen MR) is 48.2 cm³/mol. The number of hydrogen-bond donors (Lipinski definition) is 1. The van der Waals surface area contributed by atoms with Crippen LogP contribution in [0.4, 0.5) is 4.39 Å². The number of nitrogens with one attached hydrogen (secondary N) is 1. The van der Waals surface area contributed by atoms with Gasteiger partial charge in [-0.05, 0) is 6.42 Å². The summed E-state index contributed by atoms with van der Waals surface area (Å²) in [5.74, 6) is 0. The summed E-state index contributed by atoms with van der Waals surface area (Å²) in [6.07, 6.45) is 3.44. The van der Waals surface area contributed by atoms with E-state index in [4.69, 9.17) is 0 Å². The van der Waals surface area contributed by atoms with Gasteiger partial charge in [-0.25, -0.2) is 4.98 Å². The minimum absolute atomic E-state index is 0.245. The number of hydrogen-bond acceptors (Lipinski definition) is 2. The maximum atomic E-state index is 12.0. The monoisotopic (exact) mass is 183 g/mol. The molecule has 1 aliphatic rings. The van der Waals surface area contributed by atoms with Crippen molar-refractivity contribution in [2.75, 3.05) is 13.2 Å². The van der Waals surface area contributed by atoms with Crippen LogP contribution in [0.15, 0.2) is 6.33 Å². The molecule has 0 aromatic carbocycles. The molecule has 1 N–H and O–H groups in total. The van der Waals surface area contributed by atoms with Crippen LogP contribution in [0.25, 0.3) is 0 Å². The zero-order chi connectivity index (χ0) is 9.10. The summed E-state index contributed by atoms with van der Waals surface area (Å²) >= 11 is 0. The molecule has 0 fully saturated rings. The first-order valence-corrected chi connectivity index (χ1v) is 4.71. The van der Waals surface area contributed by atoms with E-state index in [2.05, 4.69) is 14.9 Å². The third-order valence-corrected chi connectivity index (χ3v) is 2.40. The van der Waals surface area contributed by atoms with Gasteiger partial charge in [0.1, 0.15) is 0 Å². The molecule has 2 rings (SSSR count). The summed E-state index contributed by atoms with van der Waals surface area (Å²) in [7, 11) is 0. The first kappa shape index (κ1) is 8.69. The number of aromatic nitrogens is 2. The van der Waals surface area contributed by atoms with E-state index in [9.17, 15) is 4.39 Å². The maximum absolute atomic E-state index is 12.0. The Labute approximate surface area is 77.0 Å². The van der Waals surface area contributed by atoms with Crippen molar-refractivity contribution in [1.29, 1.82) is 0 Å². The molecule has 0 atom stereocenters. The van der Waals surface area contributed by atoms with E-state index in [0.29, 0.717) is 6.42 Å². The van der Waals surface area contributed by atoms with Crippen molar-refractivity contribution in [3.63, 3.8) is 0 Å². The van der Waals surface area contributed by atoms with Gasteiger partial charge in [0, 0.05) is 31.7 Å². The largest absolute Gasteiger partial charge is 0.334 e. The predicted octanol–water partition coefficient (Wildman–Crippen LogP) is 0.888. The molecule has 1 aromatic rings. The molecule has 0 amide bonds. The van der Waals surface area contributed by atoms with Gasteiger partial charge >= 0.3 is 0 Å². The Bertz CT molecular complexity index is 282. The van der Waals surface area contributed by atoms with E-state index in [-0.39, 0.29) is 6.67 Å². The highest BCUT2D eigenvalue weighted by Crippen LogP contribution is 2.12. The SMILES string of the molecule is FCCCn1cnc2c1CCNC2. The summed E-state index contributed by atoms with van der Waals surface area (Å²) in [6.45, 7) is 2.39. The Morgan fingerprint density at radius 1 is 1.62 bits per heavy atom. The van der Waals surface area contributed by atoms with Gasteiger partial charge in [0.15, 0.2) is 0 Å². The molecule has 72 valence electrons. The number of aryl methyl sites for hydroxylation is 1. The van der Waals surface area contributed by atoms with Gasteiger partial charge in [-0.2, -0.15) is 0 Å². The lowest BCUT2D eigenvalue weighted by Crippen LogP contribution is -2.25. The Kier molecular flexibility index (Phi) is 2.59. The number of fused-ring (bicyclic) bond motifs is 1. The van der Waals surface area contributed by atoms with Crippen LogP contribution < -0.4 is 5.32 Å². The van der Waals surface area contributed by atoms with Crippen LogP contribution in [0, 0.1) is 0 Å². The first-order chi connectivity index (χ1) is 6.42. The summed E-state index contributed by atoms with van der Waals surface area (Å²) in [6, 6.07) is 0. The summed E-state index contributed by atoms with van der Waals surface area (Å²) < 4.78 is 14.1. The molecule has 0 aliphatic carbocycles. The van der Waals surface area contributed by atoms with Gasteiger partial charge in [-0.15, -0.1) is 0 Å². The van der Waals surface area contributed by atoms with E-state index >= 15 is 0 Å². The molecule has 0 radical (unpaired) electrons. The lowest BCUT2D eigenvalue weighted by Gasteiger charge is -2.14. The fourth-order valence-electron chi connectivity index (χ4n) is 1.72. The number of imidazole rings is 1. The number of halogens is 1. The Hall–Kier alpha value is -0.900. The van der Waals surface area contributed by atoms with Crippen molar-refractivity contribution >= 4 is 0 Å². The first-order valence-electron chi connectivity index (χ1n) is 4.71. The van der Waals surface area contributed by atoms with Crippen molar-refractivity contribution in [1.82, 2.24) is 14.9 Å². The van der Waals surface area contributed by atoms with Crippen molar-refractivity contribution < 1.29 is 4.39 Å². The Balaban J connectivity index is 2.12. The normalized spacial score (nSPS) is 15.8.